The molecule has 1 aromatic heterocycles. The molecule has 19 heavy (non-hydrogen) atoms. The molecule has 2 nitrogen and oxygen atoms in total. The lowest BCUT2D eigenvalue weighted by molar-refractivity contribution is 0.0565. The normalized spacial score (nSPS) is 29.5. The van der Waals surface area contributed by atoms with E-state index >= 15 is 0 Å². The van der Waals surface area contributed by atoms with Crippen LogP contribution in [-0.2, 0) is 0 Å². The Balaban J connectivity index is 1.85. The molecule has 4 atom stereocenters. The first-order valence-corrected chi connectivity index (χ1v) is 7.31. The van der Waals surface area contributed by atoms with E-state index in [0.717, 1.165) is 35.3 Å². The summed E-state index contributed by atoms with van der Waals surface area (Å²) >= 11 is 0. The van der Waals surface area contributed by atoms with Crippen LogP contribution in [0.3, 0.4) is 0 Å². The molecule has 1 aromatic carbocycles. The third kappa shape index (κ3) is 2.30. The molecular formula is C17H22O2. The zero-order chi connectivity index (χ0) is 13.4. The highest BCUT2D eigenvalue weighted by atomic mass is 16.3. The fraction of sp³-hybridized carbons (Fsp3) is 0.529. The van der Waals surface area contributed by atoms with Gasteiger partial charge in [0.15, 0.2) is 0 Å². The fourth-order valence-corrected chi connectivity index (χ4v) is 3.36. The molecule has 4 unspecified atom stereocenters. The minimum atomic E-state index is -0.390. The van der Waals surface area contributed by atoms with Crippen LogP contribution in [0.5, 0.6) is 0 Å². The third-order valence-electron chi connectivity index (χ3n) is 4.91. The van der Waals surface area contributed by atoms with Crippen molar-refractivity contribution in [1.29, 1.82) is 0 Å². The average molecular weight is 258 g/mol. The van der Waals surface area contributed by atoms with E-state index in [4.69, 9.17) is 4.42 Å². The van der Waals surface area contributed by atoms with Crippen LogP contribution in [0.4, 0.5) is 0 Å². The summed E-state index contributed by atoms with van der Waals surface area (Å²) in [7, 11) is 0. The first-order chi connectivity index (χ1) is 9.16. The Hall–Kier alpha value is -1.28. The van der Waals surface area contributed by atoms with Gasteiger partial charge in [0.1, 0.15) is 5.58 Å². The van der Waals surface area contributed by atoms with Crippen LogP contribution in [-0.4, -0.2) is 5.11 Å². The average Bonchev–Trinajstić information content (AvgIpc) is 2.85. The van der Waals surface area contributed by atoms with Gasteiger partial charge in [0.2, 0.25) is 0 Å². The van der Waals surface area contributed by atoms with Gasteiger partial charge in [-0.05, 0) is 36.7 Å². The number of fused-ring (bicyclic) bond motifs is 1. The molecule has 3 rings (SSSR count). The highest BCUT2D eigenvalue weighted by molar-refractivity contribution is 5.81. The van der Waals surface area contributed by atoms with Crippen LogP contribution in [0, 0.1) is 17.8 Å². The first kappa shape index (κ1) is 12.7. The van der Waals surface area contributed by atoms with Gasteiger partial charge in [-0.1, -0.05) is 38.5 Å². The Morgan fingerprint density at radius 1 is 1.16 bits per heavy atom. The van der Waals surface area contributed by atoms with Crippen molar-refractivity contribution in [1.82, 2.24) is 0 Å². The predicted molar refractivity (Wildman–Crippen MR) is 76.8 cm³/mol. The van der Waals surface area contributed by atoms with E-state index in [0.29, 0.717) is 11.8 Å². The molecule has 1 saturated carbocycles. The lowest BCUT2D eigenvalue weighted by atomic mass is 9.73. The maximum absolute atomic E-state index is 10.7. The van der Waals surface area contributed by atoms with E-state index in [9.17, 15) is 5.11 Å². The molecule has 1 heterocycles. The van der Waals surface area contributed by atoms with Crippen LogP contribution < -0.4 is 0 Å². The Labute approximate surface area is 114 Å². The van der Waals surface area contributed by atoms with E-state index in [1.165, 1.54) is 6.42 Å². The zero-order valence-corrected chi connectivity index (χ0v) is 11.7. The monoisotopic (exact) mass is 258 g/mol. The van der Waals surface area contributed by atoms with Crippen LogP contribution in [0.1, 0.15) is 44.8 Å². The highest BCUT2D eigenvalue weighted by Crippen LogP contribution is 2.41. The van der Waals surface area contributed by atoms with Crippen molar-refractivity contribution in [3.8, 4) is 0 Å². The second-order valence-corrected chi connectivity index (χ2v) is 6.16. The first-order valence-electron chi connectivity index (χ1n) is 7.31. The molecule has 102 valence electrons. The molecule has 2 aromatic rings. The number of aliphatic hydroxyl groups excluding tert-OH is 1. The van der Waals surface area contributed by atoms with E-state index in [1.807, 2.05) is 24.3 Å². The number of aliphatic hydroxyl groups is 1. The summed E-state index contributed by atoms with van der Waals surface area (Å²) < 4.78 is 5.55. The maximum atomic E-state index is 10.7. The minimum absolute atomic E-state index is 0.368. The molecule has 0 aliphatic heterocycles. The van der Waals surface area contributed by atoms with Crippen molar-refractivity contribution in [2.45, 2.75) is 39.2 Å². The van der Waals surface area contributed by atoms with E-state index in [-0.39, 0.29) is 0 Å². The minimum Gasteiger partial charge on any atom is -0.464 e. The molecule has 1 aliphatic rings. The Morgan fingerprint density at radius 3 is 2.74 bits per heavy atom. The van der Waals surface area contributed by atoms with Gasteiger partial charge in [0, 0.05) is 10.9 Å². The van der Waals surface area contributed by atoms with Crippen LogP contribution in [0.15, 0.2) is 34.9 Å². The van der Waals surface area contributed by atoms with Gasteiger partial charge in [-0.3, -0.25) is 0 Å². The lowest BCUT2D eigenvalue weighted by Crippen LogP contribution is -2.25. The van der Waals surface area contributed by atoms with Crippen LogP contribution in [0.2, 0.25) is 0 Å². The van der Waals surface area contributed by atoms with Crippen molar-refractivity contribution >= 4 is 11.0 Å². The van der Waals surface area contributed by atoms with Gasteiger partial charge in [0.25, 0.3) is 0 Å². The van der Waals surface area contributed by atoms with Crippen molar-refractivity contribution in [2.24, 2.45) is 17.8 Å². The van der Waals surface area contributed by atoms with Gasteiger partial charge < -0.3 is 9.52 Å². The molecule has 0 bridgehead atoms. The fourth-order valence-electron chi connectivity index (χ4n) is 3.36. The van der Waals surface area contributed by atoms with Crippen LogP contribution >= 0.6 is 0 Å². The summed E-state index contributed by atoms with van der Waals surface area (Å²) in [5.41, 5.74) is 1.83. The summed E-state index contributed by atoms with van der Waals surface area (Å²) in [4.78, 5) is 0. The summed E-state index contributed by atoms with van der Waals surface area (Å²) in [6.07, 6.45) is 4.80. The summed E-state index contributed by atoms with van der Waals surface area (Å²) in [6.45, 7) is 4.62. The SMILES string of the molecule is CC1CCC(C(O)c2coc3ccccc23)CC1C. The number of furan rings is 1. The van der Waals surface area contributed by atoms with Crippen molar-refractivity contribution in [2.75, 3.05) is 0 Å². The summed E-state index contributed by atoms with van der Waals surface area (Å²) in [5, 5.41) is 11.7. The molecule has 1 N–H and O–H groups in total. The van der Waals surface area contributed by atoms with Crippen molar-refractivity contribution in [3.63, 3.8) is 0 Å². The molecule has 1 aliphatic carbocycles. The zero-order valence-electron chi connectivity index (χ0n) is 11.7. The maximum Gasteiger partial charge on any atom is 0.134 e. The molecule has 2 heteroatoms. The van der Waals surface area contributed by atoms with E-state index < -0.39 is 6.10 Å². The smallest absolute Gasteiger partial charge is 0.134 e. The third-order valence-corrected chi connectivity index (χ3v) is 4.91. The standard InChI is InChI=1S/C17H22O2/c1-11-7-8-13(9-12(11)2)17(18)15-10-19-16-6-4-3-5-14(15)16/h3-6,10-13,17-18H,7-9H2,1-2H3. The molecule has 0 saturated heterocycles. The largest absolute Gasteiger partial charge is 0.464 e. The second kappa shape index (κ2) is 5.01. The summed E-state index contributed by atoms with van der Waals surface area (Å²) in [6, 6.07) is 7.95. The van der Waals surface area contributed by atoms with Gasteiger partial charge in [-0.25, -0.2) is 0 Å². The topological polar surface area (TPSA) is 33.4 Å². The molecule has 0 radical (unpaired) electrons. The lowest BCUT2D eigenvalue weighted by Gasteiger charge is -2.34. The van der Waals surface area contributed by atoms with Gasteiger partial charge in [0.05, 0.1) is 12.4 Å². The van der Waals surface area contributed by atoms with Gasteiger partial charge in [-0.15, -0.1) is 0 Å². The van der Waals surface area contributed by atoms with Crippen LogP contribution in [0.25, 0.3) is 11.0 Å². The van der Waals surface area contributed by atoms with Gasteiger partial charge >= 0.3 is 0 Å². The van der Waals surface area contributed by atoms with Gasteiger partial charge in [-0.2, -0.15) is 0 Å². The van der Waals surface area contributed by atoms with E-state index in [1.54, 1.807) is 6.26 Å². The molecule has 0 spiro atoms. The number of para-hydroxylation sites is 1. The number of rotatable bonds is 2. The van der Waals surface area contributed by atoms with Crippen molar-refractivity contribution < 1.29 is 9.52 Å². The second-order valence-electron chi connectivity index (χ2n) is 6.16. The Kier molecular flexibility index (Phi) is 3.36. The molecular weight excluding hydrogens is 236 g/mol. The highest BCUT2D eigenvalue weighted by Gasteiger charge is 2.31. The quantitative estimate of drug-likeness (QED) is 0.858. The number of hydrogen-bond donors (Lipinski definition) is 1. The summed E-state index contributed by atoms with van der Waals surface area (Å²) in [5.74, 6) is 1.85. The van der Waals surface area contributed by atoms with Crippen molar-refractivity contribution in [3.05, 3.63) is 36.1 Å². The Bertz CT molecular complexity index is 557. The Morgan fingerprint density at radius 2 is 1.95 bits per heavy atom. The van der Waals surface area contributed by atoms with E-state index in [2.05, 4.69) is 13.8 Å². The predicted octanol–water partition coefficient (Wildman–Crippen LogP) is 4.54. The molecule has 1 fully saturated rings. The molecule has 0 amide bonds. The number of benzene rings is 1. The number of hydrogen-bond acceptors (Lipinski definition) is 2.